The molecule has 0 unspecified atom stereocenters. The predicted molar refractivity (Wildman–Crippen MR) is 61.9 cm³/mol. The Hall–Kier alpha value is -2.24. The van der Waals surface area contributed by atoms with Gasteiger partial charge < -0.3 is 15.8 Å². The van der Waals surface area contributed by atoms with Gasteiger partial charge in [-0.15, -0.1) is 5.10 Å². The van der Waals surface area contributed by atoms with Gasteiger partial charge in [-0.1, -0.05) is 0 Å². The highest BCUT2D eigenvalue weighted by Gasteiger charge is 2.07. The molecule has 1 aromatic carbocycles. The number of ether oxygens (including phenoxy) is 1. The van der Waals surface area contributed by atoms with Crippen LogP contribution in [0.1, 0.15) is 0 Å². The molecule has 0 aliphatic rings. The Balaban J connectivity index is 2.38. The average Bonchev–Trinajstić information content (AvgIpc) is 2.71. The Labute approximate surface area is 93.0 Å². The van der Waals surface area contributed by atoms with Crippen molar-refractivity contribution in [3.8, 4) is 11.4 Å². The van der Waals surface area contributed by atoms with Gasteiger partial charge in [-0.25, -0.2) is 0 Å². The molecule has 6 heteroatoms. The highest BCUT2D eigenvalue weighted by atomic mass is 16.5. The number of benzene rings is 1. The third-order valence-electron chi connectivity index (χ3n) is 2.17. The quantitative estimate of drug-likeness (QED) is 0.801. The molecule has 1 aromatic heterocycles. The van der Waals surface area contributed by atoms with Gasteiger partial charge in [0.2, 0.25) is 11.9 Å². The highest BCUT2D eigenvalue weighted by Crippen LogP contribution is 2.17. The van der Waals surface area contributed by atoms with E-state index < -0.39 is 0 Å². The van der Waals surface area contributed by atoms with Gasteiger partial charge in [0.25, 0.3) is 0 Å². The third kappa shape index (κ3) is 1.77. The van der Waals surface area contributed by atoms with E-state index in [0.717, 1.165) is 11.4 Å². The molecule has 0 fully saturated rings. The molecular formula is C10H13N5O. The molecule has 0 radical (unpaired) electrons. The van der Waals surface area contributed by atoms with E-state index in [1.54, 1.807) is 18.8 Å². The van der Waals surface area contributed by atoms with E-state index >= 15 is 0 Å². The third-order valence-corrected chi connectivity index (χ3v) is 2.17. The van der Waals surface area contributed by atoms with Gasteiger partial charge in [-0.3, -0.25) is 0 Å². The van der Waals surface area contributed by atoms with Crippen LogP contribution in [0.4, 0.5) is 11.9 Å². The number of nitrogens with one attached hydrogen (secondary N) is 1. The number of nitrogens with two attached hydrogens (primary N) is 1. The van der Waals surface area contributed by atoms with Crippen LogP contribution >= 0.6 is 0 Å². The fourth-order valence-corrected chi connectivity index (χ4v) is 1.34. The summed E-state index contributed by atoms with van der Waals surface area (Å²) < 4.78 is 6.63. The standard InChI is InChI=1S/C10H13N5O/c1-12-10-13-9(11)15(14-10)7-3-5-8(16-2)6-4-7/h3-6H,1-2H3,(H3,11,12,13,14). The van der Waals surface area contributed by atoms with E-state index in [1.807, 2.05) is 24.3 Å². The summed E-state index contributed by atoms with van der Waals surface area (Å²) in [6.07, 6.45) is 0. The Kier molecular flexibility index (Phi) is 2.63. The molecule has 3 N–H and O–H groups in total. The lowest BCUT2D eigenvalue weighted by Crippen LogP contribution is -2.02. The maximum atomic E-state index is 5.74. The zero-order chi connectivity index (χ0) is 11.5. The predicted octanol–water partition coefficient (Wildman–Crippen LogP) is 0.900. The number of nitrogens with zero attached hydrogens (tertiary/aromatic N) is 3. The number of hydrogen-bond donors (Lipinski definition) is 2. The SMILES string of the molecule is CNc1nc(N)n(-c2ccc(OC)cc2)n1. The first-order valence-corrected chi connectivity index (χ1v) is 4.79. The number of nitrogen functional groups attached to an aromatic ring is 1. The van der Waals surface area contributed by atoms with Crippen LogP contribution in [0.2, 0.25) is 0 Å². The van der Waals surface area contributed by atoms with Crippen molar-refractivity contribution in [3.63, 3.8) is 0 Å². The van der Waals surface area contributed by atoms with Crippen molar-refractivity contribution in [1.82, 2.24) is 14.8 Å². The summed E-state index contributed by atoms with van der Waals surface area (Å²) in [6, 6.07) is 7.41. The lowest BCUT2D eigenvalue weighted by atomic mass is 10.3. The maximum Gasteiger partial charge on any atom is 0.244 e. The molecule has 0 saturated carbocycles. The van der Waals surface area contributed by atoms with Crippen molar-refractivity contribution in [2.45, 2.75) is 0 Å². The average molecular weight is 219 g/mol. The first-order valence-electron chi connectivity index (χ1n) is 4.79. The van der Waals surface area contributed by atoms with Crippen molar-refractivity contribution in [1.29, 1.82) is 0 Å². The first kappa shape index (κ1) is 10.3. The lowest BCUT2D eigenvalue weighted by Gasteiger charge is -2.03. The highest BCUT2D eigenvalue weighted by molar-refractivity contribution is 5.43. The van der Waals surface area contributed by atoms with Crippen LogP contribution < -0.4 is 15.8 Å². The lowest BCUT2D eigenvalue weighted by molar-refractivity contribution is 0.414. The molecule has 2 rings (SSSR count). The van der Waals surface area contributed by atoms with Crippen molar-refractivity contribution in [3.05, 3.63) is 24.3 Å². The summed E-state index contributed by atoms with van der Waals surface area (Å²) in [5.74, 6) is 1.62. The van der Waals surface area contributed by atoms with E-state index in [9.17, 15) is 0 Å². The van der Waals surface area contributed by atoms with Gasteiger partial charge in [-0.05, 0) is 24.3 Å². The summed E-state index contributed by atoms with van der Waals surface area (Å²) in [5, 5.41) is 7.02. The molecule has 0 amide bonds. The molecular weight excluding hydrogens is 206 g/mol. The molecule has 0 bridgehead atoms. The molecule has 0 atom stereocenters. The minimum absolute atomic E-state index is 0.342. The van der Waals surface area contributed by atoms with Gasteiger partial charge in [0.05, 0.1) is 12.8 Å². The molecule has 1 heterocycles. The summed E-state index contributed by atoms with van der Waals surface area (Å²) in [6.45, 7) is 0. The van der Waals surface area contributed by atoms with E-state index in [4.69, 9.17) is 10.5 Å². The fraction of sp³-hybridized carbons (Fsp3) is 0.200. The molecule has 2 aromatic rings. The smallest absolute Gasteiger partial charge is 0.244 e. The summed E-state index contributed by atoms with van der Waals surface area (Å²) in [5.41, 5.74) is 6.58. The fourth-order valence-electron chi connectivity index (χ4n) is 1.34. The summed E-state index contributed by atoms with van der Waals surface area (Å²) >= 11 is 0. The van der Waals surface area contributed by atoms with Gasteiger partial charge in [0.15, 0.2) is 0 Å². The van der Waals surface area contributed by atoms with E-state index in [0.29, 0.717) is 11.9 Å². The van der Waals surface area contributed by atoms with Gasteiger partial charge in [-0.2, -0.15) is 9.67 Å². The van der Waals surface area contributed by atoms with Gasteiger partial charge >= 0.3 is 0 Å². The minimum Gasteiger partial charge on any atom is -0.497 e. The number of hydrogen-bond acceptors (Lipinski definition) is 5. The largest absolute Gasteiger partial charge is 0.497 e. The van der Waals surface area contributed by atoms with Crippen LogP contribution in [0.25, 0.3) is 5.69 Å². The molecule has 6 nitrogen and oxygen atoms in total. The minimum atomic E-state index is 0.342. The van der Waals surface area contributed by atoms with Crippen LogP contribution in [0.15, 0.2) is 24.3 Å². The van der Waals surface area contributed by atoms with Crippen molar-refractivity contribution in [2.24, 2.45) is 0 Å². The molecule has 0 aliphatic heterocycles. The normalized spacial score (nSPS) is 10.1. The Morgan fingerprint density at radius 3 is 2.50 bits per heavy atom. The number of methoxy groups -OCH3 is 1. The zero-order valence-electron chi connectivity index (χ0n) is 9.14. The van der Waals surface area contributed by atoms with Crippen LogP contribution in [-0.2, 0) is 0 Å². The van der Waals surface area contributed by atoms with Crippen molar-refractivity contribution in [2.75, 3.05) is 25.2 Å². The Morgan fingerprint density at radius 2 is 2.00 bits per heavy atom. The van der Waals surface area contributed by atoms with E-state index in [1.165, 1.54) is 0 Å². The molecule has 0 saturated heterocycles. The molecule has 16 heavy (non-hydrogen) atoms. The zero-order valence-corrected chi connectivity index (χ0v) is 9.14. The van der Waals surface area contributed by atoms with Gasteiger partial charge in [0, 0.05) is 7.05 Å². The van der Waals surface area contributed by atoms with Crippen molar-refractivity contribution >= 4 is 11.9 Å². The van der Waals surface area contributed by atoms with Crippen LogP contribution in [-0.4, -0.2) is 28.9 Å². The Bertz CT molecular complexity index is 476. The second-order valence-electron chi connectivity index (χ2n) is 3.15. The number of rotatable bonds is 3. The van der Waals surface area contributed by atoms with Crippen molar-refractivity contribution < 1.29 is 4.74 Å². The second-order valence-corrected chi connectivity index (χ2v) is 3.15. The summed E-state index contributed by atoms with van der Waals surface area (Å²) in [4.78, 5) is 4.04. The second kappa shape index (κ2) is 4.09. The van der Waals surface area contributed by atoms with Crippen LogP contribution in [0.5, 0.6) is 5.75 Å². The number of anilines is 2. The maximum absolute atomic E-state index is 5.74. The van der Waals surface area contributed by atoms with E-state index in [-0.39, 0.29) is 0 Å². The Morgan fingerprint density at radius 1 is 1.31 bits per heavy atom. The van der Waals surface area contributed by atoms with Crippen LogP contribution in [0, 0.1) is 0 Å². The van der Waals surface area contributed by atoms with Gasteiger partial charge in [0.1, 0.15) is 5.75 Å². The first-order chi connectivity index (χ1) is 7.74. The molecule has 0 spiro atoms. The van der Waals surface area contributed by atoms with E-state index in [2.05, 4.69) is 15.4 Å². The molecule has 0 aliphatic carbocycles. The van der Waals surface area contributed by atoms with Crippen LogP contribution in [0.3, 0.4) is 0 Å². The summed E-state index contributed by atoms with van der Waals surface area (Å²) in [7, 11) is 3.37. The number of aromatic nitrogens is 3. The monoisotopic (exact) mass is 219 g/mol. The molecule has 84 valence electrons. The topological polar surface area (TPSA) is 78.0 Å².